The number of rotatable bonds is 4. The Bertz CT molecular complexity index is 448. The minimum atomic E-state index is 0.492. The summed E-state index contributed by atoms with van der Waals surface area (Å²) in [7, 11) is 0. The molecule has 0 spiro atoms. The molecule has 4 nitrogen and oxygen atoms in total. The Balaban J connectivity index is 2.15. The summed E-state index contributed by atoms with van der Waals surface area (Å²) in [4.78, 5) is 0. The average Bonchev–Trinajstić information content (AvgIpc) is 2.76. The number of nitrogens with zero attached hydrogens (tertiary/aromatic N) is 2. The van der Waals surface area contributed by atoms with Crippen molar-refractivity contribution in [3.8, 4) is 11.1 Å². The molecule has 0 unspecified atom stereocenters. The van der Waals surface area contributed by atoms with Gasteiger partial charge in [-0.1, -0.05) is 12.1 Å². The molecule has 0 atom stereocenters. The Morgan fingerprint density at radius 2 is 2.00 bits per heavy atom. The molecule has 0 bridgehead atoms. The molecule has 0 aliphatic heterocycles. The zero-order valence-electron chi connectivity index (χ0n) is 9.26. The Kier molecular flexibility index (Phi) is 3.22. The molecule has 84 valence electrons. The van der Waals surface area contributed by atoms with Gasteiger partial charge in [0.15, 0.2) is 0 Å². The van der Waals surface area contributed by atoms with Crippen LogP contribution in [0.5, 0.6) is 0 Å². The maximum absolute atomic E-state index is 5.63. The van der Waals surface area contributed by atoms with Crippen molar-refractivity contribution in [3.05, 3.63) is 36.7 Å². The van der Waals surface area contributed by atoms with Crippen molar-refractivity contribution in [2.75, 3.05) is 12.3 Å². The number of benzene rings is 1. The van der Waals surface area contributed by atoms with E-state index in [2.05, 4.69) is 5.10 Å². The Morgan fingerprint density at radius 1 is 1.25 bits per heavy atom. The van der Waals surface area contributed by atoms with Gasteiger partial charge in [-0.25, -0.2) is 4.68 Å². The summed E-state index contributed by atoms with van der Waals surface area (Å²) in [5.74, 6) is 0. The van der Waals surface area contributed by atoms with Gasteiger partial charge in [0.1, 0.15) is 6.73 Å². The Hall–Kier alpha value is -1.81. The lowest BCUT2D eigenvalue weighted by molar-refractivity contribution is 0.0792. The van der Waals surface area contributed by atoms with E-state index in [0.29, 0.717) is 13.3 Å². The molecule has 2 aromatic rings. The number of hydrogen-bond donors (Lipinski definition) is 1. The van der Waals surface area contributed by atoms with Crippen LogP contribution >= 0.6 is 0 Å². The molecule has 0 aliphatic carbocycles. The molecule has 2 rings (SSSR count). The fourth-order valence-electron chi connectivity index (χ4n) is 1.44. The maximum Gasteiger partial charge on any atom is 0.139 e. The topological polar surface area (TPSA) is 53.1 Å². The van der Waals surface area contributed by atoms with Gasteiger partial charge in [-0.2, -0.15) is 5.10 Å². The van der Waals surface area contributed by atoms with Gasteiger partial charge in [0, 0.05) is 24.1 Å². The van der Waals surface area contributed by atoms with Crippen LogP contribution in [0, 0.1) is 0 Å². The van der Waals surface area contributed by atoms with Crippen molar-refractivity contribution in [2.45, 2.75) is 13.7 Å². The van der Waals surface area contributed by atoms with Crippen molar-refractivity contribution in [3.63, 3.8) is 0 Å². The summed E-state index contributed by atoms with van der Waals surface area (Å²) >= 11 is 0. The van der Waals surface area contributed by atoms with Crippen LogP contribution in [0.2, 0.25) is 0 Å². The largest absolute Gasteiger partial charge is 0.399 e. The third kappa shape index (κ3) is 2.41. The summed E-state index contributed by atoms with van der Waals surface area (Å²) < 4.78 is 7.04. The van der Waals surface area contributed by atoms with Gasteiger partial charge in [-0.3, -0.25) is 0 Å². The predicted molar refractivity (Wildman–Crippen MR) is 63.7 cm³/mol. The summed E-state index contributed by atoms with van der Waals surface area (Å²) in [6.07, 6.45) is 3.78. The van der Waals surface area contributed by atoms with Gasteiger partial charge in [-0.05, 0) is 24.6 Å². The highest BCUT2D eigenvalue weighted by Gasteiger charge is 2.01. The third-order valence-electron chi connectivity index (χ3n) is 2.30. The molecule has 0 aliphatic rings. The van der Waals surface area contributed by atoms with Crippen molar-refractivity contribution in [1.82, 2.24) is 9.78 Å². The van der Waals surface area contributed by atoms with Crippen molar-refractivity contribution >= 4 is 5.69 Å². The average molecular weight is 217 g/mol. The van der Waals surface area contributed by atoms with Crippen molar-refractivity contribution in [1.29, 1.82) is 0 Å². The van der Waals surface area contributed by atoms with E-state index in [4.69, 9.17) is 10.5 Å². The van der Waals surface area contributed by atoms with Crippen LogP contribution in [0.15, 0.2) is 36.7 Å². The van der Waals surface area contributed by atoms with Gasteiger partial charge >= 0.3 is 0 Å². The van der Waals surface area contributed by atoms with Gasteiger partial charge < -0.3 is 10.5 Å². The molecule has 2 N–H and O–H groups in total. The number of aromatic nitrogens is 2. The summed E-state index contributed by atoms with van der Waals surface area (Å²) in [5, 5.41) is 4.21. The van der Waals surface area contributed by atoms with Crippen LogP contribution in [-0.2, 0) is 11.5 Å². The molecule has 0 amide bonds. The fraction of sp³-hybridized carbons (Fsp3) is 0.250. The van der Waals surface area contributed by atoms with Crippen LogP contribution in [0.1, 0.15) is 6.92 Å². The number of anilines is 1. The number of nitrogens with two attached hydrogens (primary N) is 1. The molecule has 4 heteroatoms. The molecule has 1 aromatic carbocycles. The highest BCUT2D eigenvalue weighted by molar-refractivity contribution is 5.63. The number of hydrogen-bond acceptors (Lipinski definition) is 3. The molecule has 0 saturated heterocycles. The van der Waals surface area contributed by atoms with Gasteiger partial charge in [-0.15, -0.1) is 0 Å². The lowest BCUT2D eigenvalue weighted by Crippen LogP contribution is -2.01. The first-order valence-corrected chi connectivity index (χ1v) is 5.25. The zero-order valence-corrected chi connectivity index (χ0v) is 9.26. The van der Waals surface area contributed by atoms with Crippen molar-refractivity contribution < 1.29 is 4.74 Å². The highest BCUT2D eigenvalue weighted by Crippen LogP contribution is 2.19. The van der Waals surface area contributed by atoms with E-state index >= 15 is 0 Å². The Morgan fingerprint density at radius 3 is 2.69 bits per heavy atom. The molecule has 0 radical (unpaired) electrons. The predicted octanol–water partition coefficient (Wildman–Crippen LogP) is 2.13. The smallest absolute Gasteiger partial charge is 0.139 e. The van der Waals surface area contributed by atoms with Crippen LogP contribution in [-0.4, -0.2) is 16.4 Å². The molecular formula is C12H15N3O. The van der Waals surface area contributed by atoms with E-state index in [-0.39, 0.29) is 0 Å². The quantitative estimate of drug-likeness (QED) is 0.798. The molecule has 16 heavy (non-hydrogen) atoms. The van der Waals surface area contributed by atoms with E-state index in [1.54, 1.807) is 4.68 Å². The third-order valence-corrected chi connectivity index (χ3v) is 2.30. The molecule has 1 aromatic heterocycles. The first kappa shape index (κ1) is 10.7. The summed E-state index contributed by atoms with van der Waals surface area (Å²) in [6, 6.07) is 7.74. The lowest BCUT2D eigenvalue weighted by atomic mass is 10.1. The van der Waals surface area contributed by atoms with E-state index in [1.807, 2.05) is 43.6 Å². The highest BCUT2D eigenvalue weighted by atomic mass is 16.5. The first-order valence-electron chi connectivity index (χ1n) is 5.25. The van der Waals surface area contributed by atoms with Crippen LogP contribution in [0.3, 0.4) is 0 Å². The van der Waals surface area contributed by atoms with Gasteiger partial charge in [0.05, 0.1) is 6.20 Å². The zero-order chi connectivity index (χ0) is 11.4. The van der Waals surface area contributed by atoms with Crippen LogP contribution in [0.4, 0.5) is 5.69 Å². The summed E-state index contributed by atoms with van der Waals surface area (Å²) in [6.45, 7) is 3.15. The molecule has 0 fully saturated rings. The summed E-state index contributed by atoms with van der Waals surface area (Å²) in [5.41, 5.74) is 8.58. The second-order valence-corrected chi connectivity index (χ2v) is 3.51. The maximum atomic E-state index is 5.63. The van der Waals surface area contributed by atoms with E-state index in [9.17, 15) is 0 Å². The standard InChI is InChI=1S/C12H15N3O/c1-2-16-9-15-8-11(7-14-15)10-3-5-12(13)6-4-10/h3-8H,2,9,13H2,1H3. The second kappa shape index (κ2) is 4.81. The minimum absolute atomic E-state index is 0.492. The monoisotopic (exact) mass is 217 g/mol. The molecule has 1 heterocycles. The first-order chi connectivity index (χ1) is 7.79. The SMILES string of the molecule is CCOCn1cc(-c2ccc(N)cc2)cn1. The molecule has 0 saturated carbocycles. The van der Waals surface area contributed by atoms with E-state index < -0.39 is 0 Å². The number of ether oxygens (including phenoxy) is 1. The fourth-order valence-corrected chi connectivity index (χ4v) is 1.44. The number of nitrogen functional groups attached to an aromatic ring is 1. The van der Waals surface area contributed by atoms with Crippen LogP contribution < -0.4 is 5.73 Å². The van der Waals surface area contributed by atoms with Crippen molar-refractivity contribution in [2.24, 2.45) is 0 Å². The normalized spacial score (nSPS) is 10.6. The second-order valence-electron chi connectivity index (χ2n) is 3.51. The van der Waals surface area contributed by atoms with Crippen LogP contribution in [0.25, 0.3) is 11.1 Å². The van der Waals surface area contributed by atoms with Gasteiger partial charge in [0.25, 0.3) is 0 Å². The molecular weight excluding hydrogens is 202 g/mol. The lowest BCUT2D eigenvalue weighted by Gasteiger charge is -2.00. The van der Waals surface area contributed by atoms with E-state index in [1.165, 1.54) is 0 Å². The van der Waals surface area contributed by atoms with Gasteiger partial charge in [0.2, 0.25) is 0 Å². The van der Waals surface area contributed by atoms with E-state index in [0.717, 1.165) is 16.8 Å². The minimum Gasteiger partial charge on any atom is -0.399 e. The Labute approximate surface area is 94.6 Å².